The molecule has 0 aliphatic heterocycles. The molecule has 6 nitrogen and oxygen atoms in total. The van der Waals surface area contributed by atoms with E-state index in [1.54, 1.807) is 0 Å². The molecule has 0 amide bonds. The Morgan fingerprint density at radius 3 is 0.870 bits per heavy atom. The van der Waals surface area contributed by atoms with Gasteiger partial charge in [-0.15, -0.1) is 0 Å². The second-order valence-electron chi connectivity index (χ2n) is 19.1. The Morgan fingerprint density at radius 2 is 0.532 bits per heavy atom. The van der Waals surface area contributed by atoms with E-state index >= 15 is 0 Å². The Balaban J connectivity index is 4.66. The average molecular weight is 1060 g/mol. The minimum atomic E-state index is -0.867. The number of rotatable bonds is 52. The number of hydrogen-bond acceptors (Lipinski definition) is 6. The molecule has 0 saturated heterocycles. The normalized spacial score (nSPS) is 13.4. The van der Waals surface area contributed by atoms with Gasteiger partial charge in [-0.25, -0.2) is 0 Å². The van der Waals surface area contributed by atoms with Crippen LogP contribution in [0.15, 0.2) is 182 Å². The van der Waals surface area contributed by atoms with Crippen LogP contribution in [-0.2, 0) is 28.6 Å². The summed E-state index contributed by atoms with van der Waals surface area (Å²) in [7, 11) is 0. The van der Waals surface area contributed by atoms with E-state index in [9.17, 15) is 14.4 Å². The molecule has 0 saturated carbocycles. The van der Waals surface area contributed by atoms with Crippen LogP contribution in [-0.4, -0.2) is 37.2 Å². The van der Waals surface area contributed by atoms with E-state index in [2.05, 4.69) is 179 Å². The van der Waals surface area contributed by atoms with E-state index in [-0.39, 0.29) is 38.0 Å². The maximum Gasteiger partial charge on any atom is 0.306 e. The van der Waals surface area contributed by atoms with Gasteiger partial charge in [-0.2, -0.15) is 0 Å². The topological polar surface area (TPSA) is 78.9 Å². The van der Waals surface area contributed by atoms with Gasteiger partial charge in [0.25, 0.3) is 0 Å². The zero-order valence-corrected chi connectivity index (χ0v) is 48.9. The van der Waals surface area contributed by atoms with Crippen LogP contribution in [0.25, 0.3) is 0 Å². The molecule has 428 valence electrons. The lowest BCUT2D eigenvalue weighted by Gasteiger charge is -2.18. The smallest absolute Gasteiger partial charge is 0.306 e. The molecule has 0 aromatic carbocycles. The molecule has 0 N–H and O–H groups in total. The number of hydrogen-bond donors (Lipinski definition) is 0. The summed E-state index contributed by atoms with van der Waals surface area (Å²) in [6, 6.07) is 0. The summed E-state index contributed by atoms with van der Waals surface area (Å²) in [6.45, 7) is 6.24. The van der Waals surface area contributed by atoms with Gasteiger partial charge in [-0.05, 0) is 135 Å². The van der Waals surface area contributed by atoms with E-state index < -0.39 is 12.1 Å². The van der Waals surface area contributed by atoms with Gasteiger partial charge in [0.05, 0.1) is 0 Å². The first kappa shape index (κ1) is 71.5. The predicted octanol–water partition coefficient (Wildman–Crippen LogP) is 20.9. The lowest BCUT2D eigenvalue weighted by atomic mass is 10.1. The van der Waals surface area contributed by atoms with Crippen molar-refractivity contribution >= 4 is 17.9 Å². The third-order valence-electron chi connectivity index (χ3n) is 11.9. The van der Waals surface area contributed by atoms with Gasteiger partial charge < -0.3 is 14.2 Å². The molecule has 0 aliphatic rings. The van der Waals surface area contributed by atoms with E-state index in [1.807, 2.05) is 24.3 Å². The Hall–Kier alpha value is -5.49. The van der Waals surface area contributed by atoms with Gasteiger partial charge >= 0.3 is 17.9 Å². The van der Waals surface area contributed by atoms with Crippen LogP contribution in [0.1, 0.15) is 226 Å². The number of carbonyl (C=O) groups excluding carboxylic acids is 3. The lowest BCUT2D eigenvalue weighted by molar-refractivity contribution is -0.166. The fourth-order valence-electron chi connectivity index (χ4n) is 7.44. The third-order valence-corrected chi connectivity index (χ3v) is 11.9. The summed E-state index contributed by atoms with van der Waals surface area (Å²) in [5, 5.41) is 0. The predicted molar refractivity (Wildman–Crippen MR) is 334 cm³/mol. The van der Waals surface area contributed by atoms with E-state index in [0.717, 1.165) is 122 Å². The first-order chi connectivity index (χ1) is 38.0. The zero-order chi connectivity index (χ0) is 55.7. The van der Waals surface area contributed by atoms with Crippen molar-refractivity contribution in [3.05, 3.63) is 182 Å². The van der Waals surface area contributed by atoms with Crippen molar-refractivity contribution in [2.75, 3.05) is 13.2 Å². The van der Waals surface area contributed by atoms with E-state index in [4.69, 9.17) is 14.2 Å². The molecular formula is C71H108O6. The summed E-state index contributed by atoms with van der Waals surface area (Å²) in [5.41, 5.74) is 0. The van der Waals surface area contributed by atoms with Crippen molar-refractivity contribution in [2.45, 2.75) is 232 Å². The van der Waals surface area contributed by atoms with Crippen molar-refractivity contribution in [2.24, 2.45) is 0 Å². The summed E-state index contributed by atoms with van der Waals surface area (Å²) in [6.07, 6.45) is 94.8. The van der Waals surface area contributed by atoms with Gasteiger partial charge in [-0.3, -0.25) is 14.4 Å². The highest BCUT2D eigenvalue weighted by molar-refractivity contribution is 5.71. The molecule has 0 aromatic heterocycles. The molecular weight excluding hydrogens is 949 g/mol. The monoisotopic (exact) mass is 1060 g/mol. The molecule has 0 aliphatic carbocycles. The molecule has 0 spiro atoms. The molecule has 1 atom stereocenters. The number of carbonyl (C=O) groups is 3. The van der Waals surface area contributed by atoms with Crippen LogP contribution in [0.5, 0.6) is 0 Å². The molecule has 6 heteroatoms. The highest BCUT2D eigenvalue weighted by Crippen LogP contribution is 2.12. The molecule has 1 unspecified atom stereocenters. The van der Waals surface area contributed by atoms with Crippen LogP contribution < -0.4 is 0 Å². The molecule has 0 fully saturated rings. The molecule has 0 heterocycles. The van der Waals surface area contributed by atoms with Gasteiger partial charge in [0.2, 0.25) is 0 Å². The van der Waals surface area contributed by atoms with Crippen LogP contribution in [0.2, 0.25) is 0 Å². The first-order valence-electron chi connectivity index (χ1n) is 30.3. The lowest BCUT2D eigenvalue weighted by Crippen LogP contribution is -2.30. The molecule has 0 aromatic rings. The van der Waals surface area contributed by atoms with Crippen LogP contribution >= 0.6 is 0 Å². The van der Waals surface area contributed by atoms with Crippen LogP contribution in [0.4, 0.5) is 0 Å². The van der Waals surface area contributed by atoms with Crippen molar-refractivity contribution in [1.29, 1.82) is 0 Å². The summed E-state index contributed by atoms with van der Waals surface area (Å²) in [5.74, 6) is -1.14. The molecule has 0 bridgehead atoms. The Bertz CT molecular complexity index is 1840. The largest absolute Gasteiger partial charge is 0.462 e. The highest BCUT2D eigenvalue weighted by Gasteiger charge is 2.19. The van der Waals surface area contributed by atoms with Crippen molar-refractivity contribution in [3.63, 3.8) is 0 Å². The molecule has 0 rings (SSSR count). The first-order valence-corrected chi connectivity index (χ1v) is 30.3. The maximum absolute atomic E-state index is 12.9. The Kier molecular flexibility index (Phi) is 58.6. The minimum Gasteiger partial charge on any atom is -0.462 e. The van der Waals surface area contributed by atoms with Crippen LogP contribution in [0, 0.1) is 0 Å². The summed E-state index contributed by atoms with van der Waals surface area (Å²) >= 11 is 0. The maximum atomic E-state index is 12.9. The van der Waals surface area contributed by atoms with Crippen molar-refractivity contribution in [3.8, 4) is 0 Å². The van der Waals surface area contributed by atoms with Gasteiger partial charge in [0, 0.05) is 19.3 Å². The fourth-order valence-corrected chi connectivity index (χ4v) is 7.44. The van der Waals surface area contributed by atoms with E-state index in [1.165, 1.54) is 51.4 Å². The minimum absolute atomic E-state index is 0.148. The van der Waals surface area contributed by atoms with Gasteiger partial charge in [-0.1, -0.05) is 254 Å². The van der Waals surface area contributed by atoms with Crippen molar-refractivity contribution < 1.29 is 28.6 Å². The van der Waals surface area contributed by atoms with Gasteiger partial charge in [0.15, 0.2) is 6.10 Å². The fraction of sp³-hybridized carbons (Fsp3) is 0.535. The molecule has 0 radical (unpaired) electrons. The SMILES string of the molecule is CC/C=C\C/C=C\C/C=C\C/C=C\C/C=C\C/C=C\CCC(=O)OCC(COC(=O)CCCCCCCC/C=C\C/C=C\C/C=C\CCCCCCC)OC(=O)CC/C=C\C/C=C\C/C=C\C/C=C\C/C=C\C/C=C\CC. The van der Waals surface area contributed by atoms with E-state index in [0.29, 0.717) is 19.3 Å². The second-order valence-corrected chi connectivity index (χ2v) is 19.1. The number of esters is 3. The highest BCUT2D eigenvalue weighted by atomic mass is 16.6. The zero-order valence-electron chi connectivity index (χ0n) is 48.9. The number of ether oxygens (including phenoxy) is 3. The Labute approximate surface area is 472 Å². The Morgan fingerprint density at radius 1 is 0.273 bits per heavy atom. The molecule has 77 heavy (non-hydrogen) atoms. The average Bonchev–Trinajstić information content (AvgIpc) is 3.43. The summed E-state index contributed by atoms with van der Waals surface area (Å²) < 4.78 is 16.7. The van der Waals surface area contributed by atoms with Gasteiger partial charge in [0.1, 0.15) is 13.2 Å². The summed E-state index contributed by atoms with van der Waals surface area (Å²) in [4.78, 5) is 38.2. The van der Waals surface area contributed by atoms with Crippen LogP contribution in [0.3, 0.4) is 0 Å². The van der Waals surface area contributed by atoms with Crippen molar-refractivity contribution in [1.82, 2.24) is 0 Å². The quantitative estimate of drug-likeness (QED) is 0.0261. The second kappa shape index (κ2) is 63.0. The standard InChI is InChI=1S/C71H108O6/c1-4-7-10-13-16-19-22-25-28-31-34-35-38-40-43-46-49-52-55-58-61-64-70(73)76-67-68(77-71(74)65-62-59-56-53-50-47-44-41-37-33-30-27-24-21-18-15-12-9-6-3)66-75-69(72)63-60-57-54-51-48-45-42-39-36-32-29-26-23-20-17-14-11-8-5-2/h8-9,11-12,17-18,20-22,25-27,29-31,34,36-41,45,47-48,50,54,56-57,59,68H,4-7,10,13-16,19,23-24,28,32-33,35,42-44,46,49,51-53,55,58,60-67H2,1-3H3/b11-8-,12-9-,20-17-,21-18-,25-22-,29-26-,30-27-,34-31-,39-36-,40-38-,41-37-,48-45-,50-47-,57-54-,59-56-. The third kappa shape index (κ3) is 61.2. The number of unbranched alkanes of at least 4 members (excludes halogenated alkanes) is 11. The number of allylic oxidation sites excluding steroid dienone is 30.